The molecular weight excluding hydrogens is 334 g/mol. The summed E-state index contributed by atoms with van der Waals surface area (Å²) < 4.78 is 16.1. The highest BCUT2D eigenvalue weighted by molar-refractivity contribution is 6.05. The third-order valence-electron chi connectivity index (χ3n) is 4.09. The first kappa shape index (κ1) is 16.1. The lowest BCUT2D eigenvalue weighted by Crippen LogP contribution is -2.15. The number of nitrogens with one attached hydrogen (secondary N) is 1. The van der Waals surface area contributed by atoms with Gasteiger partial charge < -0.3 is 19.5 Å². The molecule has 0 unspecified atom stereocenters. The van der Waals surface area contributed by atoms with E-state index in [1.165, 1.54) is 13.3 Å². The number of rotatable bonds is 3. The number of hydrogen-bond acceptors (Lipinski definition) is 7. The van der Waals surface area contributed by atoms with Crippen molar-refractivity contribution in [3.05, 3.63) is 47.8 Å². The molecule has 0 saturated heterocycles. The van der Waals surface area contributed by atoms with E-state index < -0.39 is 5.97 Å². The van der Waals surface area contributed by atoms with E-state index in [4.69, 9.17) is 14.2 Å². The Morgan fingerprint density at radius 1 is 1.15 bits per heavy atom. The molecule has 1 aliphatic heterocycles. The van der Waals surface area contributed by atoms with E-state index in [9.17, 15) is 4.79 Å². The second-order valence-corrected chi connectivity index (χ2v) is 5.85. The zero-order chi connectivity index (χ0) is 18.1. The van der Waals surface area contributed by atoms with Crippen LogP contribution in [0.2, 0.25) is 0 Å². The summed E-state index contributed by atoms with van der Waals surface area (Å²) in [5, 5.41) is 4.01. The highest BCUT2D eigenvalue weighted by atomic mass is 16.6. The lowest BCUT2D eigenvalue weighted by atomic mass is 10.1. The molecule has 0 atom stereocenters. The quantitative estimate of drug-likeness (QED) is 0.725. The van der Waals surface area contributed by atoms with E-state index in [1.807, 2.05) is 37.3 Å². The van der Waals surface area contributed by atoms with Gasteiger partial charge in [-0.05, 0) is 31.2 Å². The Hall–Kier alpha value is -3.35. The molecule has 0 spiro atoms. The van der Waals surface area contributed by atoms with Gasteiger partial charge in [0.1, 0.15) is 18.8 Å². The van der Waals surface area contributed by atoms with Gasteiger partial charge in [-0.1, -0.05) is 0 Å². The van der Waals surface area contributed by atoms with Crippen LogP contribution >= 0.6 is 0 Å². The molecule has 1 aliphatic rings. The van der Waals surface area contributed by atoms with Crippen LogP contribution in [0, 0.1) is 6.92 Å². The molecule has 1 N–H and O–H groups in total. The average Bonchev–Trinajstić information content (AvgIpc) is 2.67. The van der Waals surface area contributed by atoms with Crippen molar-refractivity contribution < 1.29 is 19.0 Å². The zero-order valence-corrected chi connectivity index (χ0v) is 14.4. The zero-order valence-electron chi connectivity index (χ0n) is 14.4. The van der Waals surface area contributed by atoms with E-state index in [0.29, 0.717) is 41.6 Å². The number of ether oxygens (including phenoxy) is 3. The van der Waals surface area contributed by atoms with E-state index in [0.717, 1.165) is 16.8 Å². The number of methoxy groups -OCH3 is 1. The molecule has 7 heteroatoms. The van der Waals surface area contributed by atoms with Gasteiger partial charge in [0.25, 0.3) is 0 Å². The number of aryl methyl sites for hydroxylation is 1. The maximum atomic E-state index is 12.2. The minimum absolute atomic E-state index is 0.334. The van der Waals surface area contributed by atoms with Crippen LogP contribution in [-0.4, -0.2) is 36.3 Å². The Bertz CT molecular complexity index is 1000. The van der Waals surface area contributed by atoms with Gasteiger partial charge in [-0.15, -0.1) is 0 Å². The van der Waals surface area contributed by atoms with Crippen molar-refractivity contribution in [3.8, 4) is 11.5 Å². The summed E-state index contributed by atoms with van der Waals surface area (Å²) in [6.45, 7) is 2.93. The van der Waals surface area contributed by atoms with Crippen molar-refractivity contribution in [2.45, 2.75) is 6.92 Å². The summed E-state index contributed by atoms with van der Waals surface area (Å²) in [5.41, 5.74) is 3.08. The molecule has 26 heavy (non-hydrogen) atoms. The van der Waals surface area contributed by atoms with Crippen LogP contribution < -0.4 is 14.8 Å². The number of fused-ring (bicyclic) bond motifs is 2. The highest BCUT2D eigenvalue weighted by Gasteiger charge is 2.18. The van der Waals surface area contributed by atoms with Crippen molar-refractivity contribution in [3.63, 3.8) is 0 Å². The van der Waals surface area contributed by atoms with Crippen molar-refractivity contribution >= 4 is 28.4 Å². The maximum Gasteiger partial charge on any atom is 0.341 e. The summed E-state index contributed by atoms with van der Waals surface area (Å²) in [6.07, 6.45) is 1.47. The van der Waals surface area contributed by atoms with Crippen LogP contribution in [0.3, 0.4) is 0 Å². The number of esters is 1. The highest BCUT2D eigenvalue weighted by Crippen LogP contribution is 2.35. The first-order chi connectivity index (χ1) is 12.7. The molecule has 132 valence electrons. The Morgan fingerprint density at radius 2 is 1.96 bits per heavy atom. The fraction of sp³-hybridized carbons (Fsp3) is 0.211. The molecule has 0 saturated carbocycles. The summed E-state index contributed by atoms with van der Waals surface area (Å²) >= 11 is 0. The number of carbonyl (C=O) groups is 1. The molecule has 1 aromatic carbocycles. The Morgan fingerprint density at radius 3 is 2.77 bits per heavy atom. The average molecular weight is 351 g/mol. The van der Waals surface area contributed by atoms with Gasteiger partial charge in [0.2, 0.25) is 0 Å². The number of hydrogen-bond donors (Lipinski definition) is 1. The number of nitrogens with zero attached hydrogens (tertiary/aromatic N) is 2. The number of carbonyl (C=O) groups excluding carboxylic acids is 1. The summed E-state index contributed by atoms with van der Waals surface area (Å²) in [5.74, 6) is 0.889. The van der Waals surface area contributed by atoms with Crippen LogP contribution in [0.5, 0.6) is 11.5 Å². The second kappa shape index (κ2) is 6.51. The topological polar surface area (TPSA) is 82.6 Å². The van der Waals surface area contributed by atoms with Gasteiger partial charge in [-0.3, -0.25) is 0 Å². The molecule has 3 aromatic rings. The third kappa shape index (κ3) is 2.88. The minimum atomic E-state index is -0.472. The van der Waals surface area contributed by atoms with Crippen molar-refractivity contribution in [2.75, 3.05) is 25.6 Å². The summed E-state index contributed by atoms with van der Waals surface area (Å²) in [4.78, 5) is 20.9. The number of aromatic nitrogens is 2. The van der Waals surface area contributed by atoms with Crippen molar-refractivity contribution in [1.29, 1.82) is 0 Å². The number of benzene rings is 1. The normalized spacial score (nSPS) is 12.7. The summed E-state index contributed by atoms with van der Waals surface area (Å²) in [6, 6.07) is 9.30. The molecule has 3 heterocycles. The molecule has 0 amide bonds. The van der Waals surface area contributed by atoms with E-state index in [1.54, 1.807) is 0 Å². The van der Waals surface area contributed by atoms with Crippen molar-refractivity contribution in [1.82, 2.24) is 9.97 Å². The Balaban J connectivity index is 1.82. The van der Waals surface area contributed by atoms with E-state index >= 15 is 0 Å². The van der Waals surface area contributed by atoms with Gasteiger partial charge in [0.15, 0.2) is 17.1 Å². The van der Waals surface area contributed by atoms with Crippen LogP contribution in [0.25, 0.3) is 11.0 Å². The fourth-order valence-corrected chi connectivity index (χ4v) is 2.84. The molecule has 0 aliphatic carbocycles. The Labute approximate surface area is 149 Å². The summed E-state index contributed by atoms with van der Waals surface area (Å²) in [7, 11) is 1.34. The minimum Gasteiger partial charge on any atom is -0.486 e. The second-order valence-electron chi connectivity index (χ2n) is 5.85. The monoisotopic (exact) mass is 351 g/mol. The van der Waals surface area contributed by atoms with E-state index in [2.05, 4.69) is 15.3 Å². The lowest BCUT2D eigenvalue weighted by Gasteiger charge is -2.20. The standard InChI is InChI=1S/C19H17N3O4/c1-11-3-5-13-17(14(19(23)24-2)10-20-18(13)21-11)22-12-4-6-15-16(9-12)26-8-7-25-15/h3-6,9-10H,7-8H2,1-2H3,(H,20,21,22). The van der Waals surface area contributed by atoms with Crippen LogP contribution in [-0.2, 0) is 4.74 Å². The third-order valence-corrected chi connectivity index (χ3v) is 4.09. The van der Waals surface area contributed by atoms with Gasteiger partial charge in [0.05, 0.1) is 12.8 Å². The molecule has 4 rings (SSSR count). The first-order valence-corrected chi connectivity index (χ1v) is 8.17. The van der Waals surface area contributed by atoms with Crippen LogP contribution in [0.1, 0.15) is 16.1 Å². The van der Waals surface area contributed by atoms with Crippen molar-refractivity contribution in [2.24, 2.45) is 0 Å². The predicted octanol–water partition coefficient (Wildman–Crippen LogP) is 3.24. The smallest absolute Gasteiger partial charge is 0.341 e. The SMILES string of the molecule is COC(=O)c1cnc2nc(C)ccc2c1Nc1ccc2c(c1)OCCO2. The molecular formula is C19H17N3O4. The fourth-order valence-electron chi connectivity index (χ4n) is 2.84. The number of pyridine rings is 2. The molecule has 0 radical (unpaired) electrons. The molecule has 2 aromatic heterocycles. The first-order valence-electron chi connectivity index (χ1n) is 8.17. The van der Waals surface area contributed by atoms with Crippen LogP contribution in [0.15, 0.2) is 36.5 Å². The Kier molecular flexibility index (Phi) is 4.04. The van der Waals surface area contributed by atoms with E-state index in [-0.39, 0.29) is 0 Å². The van der Waals surface area contributed by atoms with Gasteiger partial charge >= 0.3 is 5.97 Å². The molecule has 7 nitrogen and oxygen atoms in total. The van der Waals surface area contributed by atoms with Gasteiger partial charge in [-0.25, -0.2) is 14.8 Å². The van der Waals surface area contributed by atoms with Gasteiger partial charge in [0, 0.05) is 29.0 Å². The predicted molar refractivity (Wildman–Crippen MR) is 96.3 cm³/mol. The maximum absolute atomic E-state index is 12.2. The lowest BCUT2D eigenvalue weighted by molar-refractivity contribution is 0.0601. The molecule has 0 fully saturated rings. The molecule has 0 bridgehead atoms. The largest absolute Gasteiger partial charge is 0.486 e. The van der Waals surface area contributed by atoms with Gasteiger partial charge in [-0.2, -0.15) is 0 Å². The number of anilines is 2. The van der Waals surface area contributed by atoms with Crippen LogP contribution in [0.4, 0.5) is 11.4 Å².